The van der Waals surface area contributed by atoms with Crippen molar-refractivity contribution in [3.05, 3.63) is 95.1 Å². The number of aromatic hydroxyl groups is 1. The number of carboxylic acids is 1. The molecule has 3 aromatic rings. The van der Waals surface area contributed by atoms with E-state index in [1.165, 1.54) is 12.1 Å². The number of carbonyl (C=O) groups is 2. The van der Waals surface area contributed by atoms with E-state index >= 15 is 0 Å². The molecule has 5 rings (SSSR count). The predicted octanol–water partition coefficient (Wildman–Crippen LogP) is 3.32. The van der Waals surface area contributed by atoms with Gasteiger partial charge in [-0.1, -0.05) is 42.0 Å². The number of aromatic carboxylic acids is 1. The highest BCUT2D eigenvalue weighted by Gasteiger charge is 2.56. The van der Waals surface area contributed by atoms with E-state index in [0.29, 0.717) is 5.69 Å². The summed E-state index contributed by atoms with van der Waals surface area (Å²) in [5, 5.41) is 19.4. The summed E-state index contributed by atoms with van der Waals surface area (Å²) in [5.41, 5.74) is 10.3. The quantitative estimate of drug-likeness (QED) is 0.508. The lowest BCUT2D eigenvalue weighted by atomic mass is 9.83. The first-order valence-electron chi connectivity index (χ1n) is 10.5. The number of amides is 1. The summed E-state index contributed by atoms with van der Waals surface area (Å²) in [6.07, 6.45) is 0. The molecule has 0 radical (unpaired) electrons. The number of aryl methyl sites for hydroxylation is 1. The van der Waals surface area contributed by atoms with Crippen molar-refractivity contribution in [3.8, 4) is 5.75 Å². The highest BCUT2D eigenvalue weighted by Crippen LogP contribution is 2.49. The molecule has 0 aromatic heterocycles. The molecule has 2 aliphatic rings. The molecular weight excluding hydrogens is 406 g/mol. The van der Waals surface area contributed by atoms with Crippen molar-refractivity contribution in [1.29, 1.82) is 0 Å². The number of nitrogens with zero attached hydrogens (tertiary/aromatic N) is 1. The van der Waals surface area contributed by atoms with Gasteiger partial charge in [-0.2, -0.15) is 0 Å². The minimum atomic E-state index is -1.02. The van der Waals surface area contributed by atoms with Crippen LogP contribution in [0.5, 0.6) is 5.75 Å². The number of carboxylic acid groups (broad SMARTS) is 1. The third kappa shape index (κ3) is 3.32. The lowest BCUT2D eigenvalue weighted by Crippen LogP contribution is -2.41. The molecule has 7 nitrogen and oxygen atoms in total. The average molecular weight is 429 g/mol. The first kappa shape index (κ1) is 20.2. The van der Waals surface area contributed by atoms with Gasteiger partial charge in [0.1, 0.15) is 11.8 Å². The number of nitrogens with one attached hydrogen (secondary N) is 2. The van der Waals surface area contributed by atoms with Crippen LogP contribution in [0.15, 0.2) is 72.8 Å². The van der Waals surface area contributed by atoms with Gasteiger partial charge in [-0.3, -0.25) is 4.79 Å². The molecule has 3 aromatic carbocycles. The van der Waals surface area contributed by atoms with Gasteiger partial charge in [0.05, 0.1) is 17.6 Å². The molecule has 2 fully saturated rings. The fourth-order valence-corrected chi connectivity index (χ4v) is 4.83. The Kier molecular flexibility index (Phi) is 4.92. The van der Waals surface area contributed by atoms with Gasteiger partial charge in [0, 0.05) is 11.6 Å². The molecule has 0 spiro atoms. The van der Waals surface area contributed by atoms with E-state index in [1.54, 1.807) is 35.2 Å². The van der Waals surface area contributed by atoms with E-state index in [9.17, 15) is 19.8 Å². The van der Waals surface area contributed by atoms with E-state index in [-0.39, 0.29) is 35.2 Å². The average Bonchev–Trinajstić information content (AvgIpc) is 3.33. The number of hydrazine groups is 1. The van der Waals surface area contributed by atoms with Gasteiger partial charge in [-0.05, 0) is 54.4 Å². The van der Waals surface area contributed by atoms with Gasteiger partial charge in [0.2, 0.25) is 5.91 Å². The zero-order valence-corrected chi connectivity index (χ0v) is 17.4. The van der Waals surface area contributed by atoms with Crippen LogP contribution in [0.1, 0.15) is 39.1 Å². The molecule has 2 heterocycles. The van der Waals surface area contributed by atoms with Crippen LogP contribution < -0.4 is 15.8 Å². The number of phenolic OH excluding ortho intramolecular Hbond substituents is 1. The number of phenols is 1. The molecule has 4 unspecified atom stereocenters. The normalized spacial score (nSPS) is 24.5. The van der Waals surface area contributed by atoms with Crippen LogP contribution in [0.3, 0.4) is 0 Å². The van der Waals surface area contributed by atoms with Crippen molar-refractivity contribution in [2.24, 2.45) is 5.92 Å². The standard InChI is InChI=1S/C25H23N3O4/c1-14-5-7-15(8-6-14)21-20-22(27-26-21)24(30)28(18-11-9-16(10-12-18)25(31)32)23(20)17-3-2-4-19(29)13-17/h2-13,20-23,26-27,29H,1H3,(H,31,32). The Balaban J connectivity index is 1.61. The highest BCUT2D eigenvalue weighted by atomic mass is 16.4. The first-order valence-corrected chi connectivity index (χ1v) is 10.5. The number of carbonyl (C=O) groups excluding carboxylic acids is 1. The van der Waals surface area contributed by atoms with Crippen molar-refractivity contribution in [3.63, 3.8) is 0 Å². The number of rotatable bonds is 4. The van der Waals surface area contributed by atoms with Crippen LogP contribution in [-0.2, 0) is 4.79 Å². The monoisotopic (exact) mass is 429 g/mol. The summed E-state index contributed by atoms with van der Waals surface area (Å²) >= 11 is 0. The molecule has 2 saturated heterocycles. The second-order valence-electron chi connectivity index (χ2n) is 8.33. The molecular formula is C25H23N3O4. The van der Waals surface area contributed by atoms with Gasteiger partial charge in [-0.15, -0.1) is 0 Å². The topological polar surface area (TPSA) is 102 Å². The molecule has 32 heavy (non-hydrogen) atoms. The van der Waals surface area contributed by atoms with Gasteiger partial charge < -0.3 is 15.1 Å². The second-order valence-corrected chi connectivity index (χ2v) is 8.33. The van der Waals surface area contributed by atoms with Gasteiger partial charge in [-0.25, -0.2) is 15.6 Å². The SMILES string of the molecule is Cc1ccc(C2NNC3C(=O)N(c4ccc(C(=O)O)cc4)C(c4cccc(O)c4)C32)cc1. The molecule has 4 N–H and O–H groups in total. The molecule has 2 aliphatic heterocycles. The lowest BCUT2D eigenvalue weighted by Gasteiger charge is -2.31. The lowest BCUT2D eigenvalue weighted by molar-refractivity contribution is -0.119. The van der Waals surface area contributed by atoms with E-state index in [1.807, 2.05) is 25.1 Å². The smallest absolute Gasteiger partial charge is 0.335 e. The number of hydrogen-bond acceptors (Lipinski definition) is 5. The van der Waals surface area contributed by atoms with Crippen LogP contribution in [-0.4, -0.2) is 28.1 Å². The van der Waals surface area contributed by atoms with Crippen molar-refractivity contribution in [1.82, 2.24) is 10.9 Å². The zero-order chi connectivity index (χ0) is 22.4. The summed E-state index contributed by atoms with van der Waals surface area (Å²) in [4.78, 5) is 26.5. The maximum atomic E-state index is 13.6. The summed E-state index contributed by atoms with van der Waals surface area (Å²) in [6, 6.07) is 20.6. The fourth-order valence-electron chi connectivity index (χ4n) is 4.83. The van der Waals surface area contributed by atoms with Crippen LogP contribution in [0.25, 0.3) is 0 Å². The zero-order valence-electron chi connectivity index (χ0n) is 17.4. The maximum Gasteiger partial charge on any atom is 0.335 e. The largest absolute Gasteiger partial charge is 0.508 e. The Morgan fingerprint density at radius 2 is 1.59 bits per heavy atom. The number of benzene rings is 3. The Hall–Kier alpha value is -3.68. The number of fused-ring (bicyclic) bond motifs is 1. The van der Waals surface area contributed by atoms with Crippen LogP contribution in [0.2, 0.25) is 0 Å². The van der Waals surface area contributed by atoms with E-state index in [4.69, 9.17) is 0 Å². The predicted molar refractivity (Wildman–Crippen MR) is 119 cm³/mol. The van der Waals surface area contributed by atoms with Crippen molar-refractivity contribution in [2.45, 2.75) is 25.0 Å². The second kappa shape index (κ2) is 7.78. The molecule has 0 bridgehead atoms. The van der Waals surface area contributed by atoms with Gasteiger partial charge >= 0.3 is 5.97 Å². The van der Waals surface area contributed by atoms with E-state index in [2.05, 4.69) is 23.0 Å². The summed E-state index contributed by atoms with van der Waals surface area (Å²) in [5.74, 6) is -1.14. The third-order valence-corrected chi connectivity index (χ3v) is 6.35. The van der Waals surface area contributed by atoms with Crippen molar-refractivity contribution < 1.29 is 19.8 Å². The van der Waals surface area contributed by atoms with E-state index in [0.717, 1.165) is 16.7 Å². The fraction of sp³-hybridized carbons (Fsp3) is 0.200. The molecule has 1 amide bonds. The Bertz CT molecular complexity index is 1180. The summed E-state index contributed by atoms with van der Waals surface area (Å²) < 4.78 is 0. The van der Waals surface area contributed by atoms with E-state index < -0.39 is 12.0 Å². The minimum absolute atomic E-state index is 0.103. The van der Waals surface area contributed by atoms with Gasteiger partial charge in [0.25, 0.3) is 0 Å². The Morgan fingerprint density at radius 1 is 0.906 bits per heavy atom. The maximum absolute atomic E-state index is 13.6. The number of hydrogen-bond donors (Lipinski definition) is 4. The summed E-state index contributed by atoms with van der Waals surface area (Å²) in [6.45, 7) is 2.03. The Labute approximate surface area is 185 Å². The van der Waals surface area contributed by atoms with Crippen LogP contribution in [0.4, 0.5) is 5.69 Å². The first-order chi connectivity index (χ1) is 15.4. The summed E-state index contributed by atoms with van der Waals surface area (Å²) in [7, 11) is 0. The molecule has 162 valence electrons. The molecule has 0 aliphatic carbocycles. The van der Waals surface area contributed by atoms with Crippen molar-refractivity contribution >= 4 is 17.6 Å². The van der Waals surface area contributed by atoms with Gasteiger partial charge in [0.15, 0.2) is 0 Å². The molecule has 4 atom stereocenters. The highest BCUT2D eigenvalue weighted by molar-refractivity contribution is 6.01. The van der Waals surface area contributed by atoms with Crippen LogP contribution in [0, 0.1) is 12.8 Å². The minimum Gasteiger partial charge on any atom is -0.508 e. The van der Waals surface area contributed by atoms with Crippen molar-refractivity contribution in [2.75, 3.05) is 4.90 Å². The Morgan fingerprint density at radius 3 is 2.25 bits per heavy atom. The number of anilines is 1. The van der Waals surface area contributed by atoms with Crippen LogP contribution >= 0.6 is 0 Å². The molecule has 7 heteroatoms. The third-order valence-electron chi connectivity index (χ3n) is 6.35. The molecule has 0 saturated carbocycles.